The highest BCUT2D eigenvalue weighted by molar-refractivity contribution is 8.77. The molecule has 0 aromatic rings. The summed E-state index contributed by atoms with van der Waals surface area (Å²) in [6.07, 6.45) is 0.534. The molecule has 0 fully saturated rings. The molecule has 0 spiro atoms. The van der Waals surface area contributed by atoms with Gasteiger partial charge in [0.25, 0.3) is 0 Å². The van der Waals surface area contributed by atoms with Crippen molar-refractivity contribution < 1.29 is 9.59 Å². The lowest BCUT2D eigenvalue weighted by atomic mass is 9.98. The van der Waals surface area contributed by atoms with Crippen LogP contribution in [0, 0.1) is 0 Å². The van der Waals surface area contributed by atoms with E-state index in [9.17, 15) is 9.59 Å². The van der Waals surface area contributed by atoms with E-state index in [1.807, 2.05) is 14.0 Å². The number of hydrogen-bond acceptors (Lipinski definition) is 6. The minimum Gasteiger partial charge on any atom is -0.310 e. The Labute approximate surface area is 124 Å². The SMILES string of the molecule is CCC(=O)[C@@H](NC)C(C)(C)SSC[C@H](NC)C(C)=O. The van der Waals surface area contributed by atoms with E-state index in [4.69, 9.17) is 0 Å². The number of ketones is 2. The molecule has 0 aromatic carbocycles. The Hall–Kier alpha value is -0.0400. The predicted octanol–water partition coefficient (Wildman–Crippen LogP) is 1.89. The van der Waals surface area contributed by atoms with Gasteiger partial charge in [-0.3, -0.25) is 9.59 Å². The molecule has 0 unspecified atom stereocenters. The number of likely N-dealkylation sites (N-methyl/N-ethyl adjacent to an activating group) is 2. The molecule has 0 bridgehead atoms. The fraction of sp³-hybridized carbons (Fsp3) is 0.846. The molecule has 0 aliphatic carbocycles. The van der Waals surface area contributed by atoms with Gasteiger partial charge in [-0.1, -0.05) is 28.5 Å². The first kappa shape index (κ1) is 19.0. The quantitative estimate of drug-likeness (QED) is 0.601. The fourth-order valence-corrected chi connectivity index (χ4v) is 4.87. The molecule has 2 atom stereocenters. The van der Waals surface area contributed by atoms with Crippen molar-refractivity contribution >= 4 is 33.2 Å². The predicted molar refractivity (Wildman–Crippen MR) is 85.8 cm³/mol. The van der Waals surface area contributed by atoms with E-state index >= 15 is 0 Å². The first-order valence-electron chi connectivity index (χ1n) is 6.48. The third-order valence-corrected chi connectivity index (χ3v) is 6.30. The van der Waals surface area contributed by atoms with Crippen LogP contribution in [-0.4, -0.2) is 48.2 Å². The van der Waals surface area contributed by atoms with Crippen molar-refractivity contribution in [3.63, 3.8) is 0 Å². The van der Waals surface area contributed by atoms with Crippen LogP contribution in [0.15, 0.2) is 0 Å². The van der Waals surface area contributed by atoms with Gasteiger partial charge in [0.2, 0.25) is 0 Å². The normalized spacial score (nSPS) is 15.1. The Balaban J connectivity index is 4.43. The molecule has 19 heavy (non-hydrogen) atoms. The zero-order valence-electron chi connectivity index (χ0n) is 12.7. The summed E-state index contributed by atoms with van der Waals surface area (Å²) in [6, 6.07) is -0.288. The van der Waals surface area contributed by atoms with Crippen molar-refractivity contribution in [3.05, 3.63) is 0 Å². The molecule has 0 aliphatic heterocycles. The fourth-order valence-electron chi connectivity index (χ4n) is 1.81. The molecule has 0 amide bonds. The molecule has 2 N–H and O–H groups in total. The first-order chi connectivity index (χ1) is 8.80. The van der Waals surface area contributed by atoms with Crippen molar-refractivity contribution in [2.45, 2.75) is 50.9 Å². The smallest absolute Gasteiger partial charge is 0.150 e. The third kappa shape index (κ3) is 6.29. The lowest BCUT2D eigenvalue weighted by Crippen LogP contribution is -2.48. The average Bonchev–Trinajstić information content (AvgIpc) is 2.34. The molecule has 0 aromatic heterocycles. The molecule has 0 aliphatic rings. The minimum absolute atomic E-state index is 0.122. The van der Waals surface area contributed by atoms with Crippen molar-refractivity contribution in [2.24, 2.45) is 0 Å². The monoisotopic (exact) mass is 306 g/mol. The Morgan fingerprint density at radius 3 is 2.16 bits per heavy atom. The van der Waals surface area contributed by atoms with Gasteiger partial charge < -0.3 is 10.6 Å². The summed E-state index contributed by atoms with van der Waals surface area (Å²) in [6.45, 7) is 7.59. The topological polar surface area (TPSA) is 58.2 Å². The zero-order valence-corrected chi connectivity index (χ0v) is 14.3. The van der Waals surface area contributed by atoms with Gasteiger partial charge >= 0.3 is 0 Å². The molecule has 0 rings (SSSR count). The molecule has 0 heterocycles. The second-order valence-electron chi connectivity index (χ2n) is 4.96. The van der Waals surface area contributed by atoms with Crippen molar-refractivity contribution in [2.75, 3.05) is 19.8 Å². The van der Waals surface area contributed by atoms with E-state index in [1.165, 1.54) is 0 Å². The number of carbonyl (C=O) groups excluding carboxylic acids is 2. The van der Waals surface area contributed by atoms with E-state index in [0.717, 1.165) is 0 Å². The summed E-state index contributed by atoms with van der Waals surface area (Å²) in [5, 5.41) is 6.10. The van der Waals surface area contributed by atoms with Crippen LogP contribution >= 0.6 is 21.6 Å². The van der Waals surface area contributed by atoms with Crippen LogP contribution in [0.25, 0.3) is 0 Å². The number of hydrogen-bond donors (Lipinski definition) is 2. The Bertz CT molecular complexity index is 309. The van der Waals surface area contributed by atoms with E-state index in [0.29, 0.717) is 12.2 Å². The highest BCUT2D eigenvalue weighted by Crippen LogP contribution is 2.38. The molecule has 0 saturated carbocycles. The molecular weight excluding hydrogens is 280 g/mol. The first-order valence-corrected chi connectivity index (χ1v) is 8.80. The summed E-state index contributed by atoms with van der Waals surface area (Å²) in [4.78, 5) is 23.2. The molecule has 0 saturated heterocycles. The molecule has 112 valence electrons. The van der Waals surface area contributed by atoms with Gasteiger partial charge in [-0.15, -0.1) is 0 Å². The lowest BCUT2D eigenvalue weighted by Gasteiger charge is -2.32. The van der Waals surface area contributed by atoms with Crippen molar-refractivity contribution in [1.82, 2.24) is 10.6 Å². The summed E-state index contributed by atoms with van der Waals surface area (Å²) < 4.78 is -0.207. The average molecular weight is 306 g/mol. The van der Waals surface area contributed by atoms with Gasteiger partial charge in [0.05, 0.1) is 12.1 Å². The number of Topliss-reactive ketones (excluding diaryl/α,β-unsaturated/α-hetero) is 2. The number of rotatable bonds is 10. The lowest BCUT2D eigenvalue weighted by molar-refractivity contribution is -0.121. The molecule has 6 heteroatoms. The van der Waals surface area contributed by atoms with Gasteiger partial charge in [-0.25, -0.2) is 0 Å². The summed E-state index contributed by atoms with van der Waals surface area (Å²) in [5.41, 5.74) is 0. The standard InChI is InChI=1S/C13H26N2O2S2/c1-7-11(17)12(15-6)13(3,4)19-18-8-10(14-5)9(2)16/h10,12,14-15H,7-8H2,1-6H3/t10-,12+/m0/s1. The van der Waals surface area contributed by atoms with Gasteiger partial charge in [0, 0.05) is 16.9 Å². The Kier molecular flexibility index (Phi) is 8.98. The Morgan fingerprint density at radius 1 is 1.21 bits per heavy atom. The zero-order chi connectivity index (χ0) is 15.1. The number of carbonyl (C=O) groups is 2. The van der Waals surface area contributed by atoms with E-state index in [1.54, 1.807) is 35.6 Å². The largest absolute Gasteiger partial charge is 0.310 e. The van der Waals surface area contributed by atoms with E-state index < -0.39 is 0 Å². The van der Waals surface area contributed by atoms with Crippen LogP contribution in [0.5, 0.6) is 0 Å². The summed E-state index contributed by atoms with van der Waals surface area (Å²) in [7, 11) is 6.90. The number of nitrogens with one attached hydrogen (secondary N) is 2. The summed E-state index contributed by atoms with van der Waals surface area (Å²) in [5.74, 6) is 1.07. The van der Waals surface area contributed by atoms with Gasteiger partial charge in [0.15, 0.2) is 5.78 Å². The van der Waals surface area contributed by atoms with Crippen LogP contribution in [0.2, 0.25) is 0 Å². The van der Waals surface area contributed by atoms with Crippen LogP contribution in [0.1, 0.15) is 34.1 Å². The van der Waals surface area contributed by atoms with Gasteiger partial charge in [-0.05, 0) is 34.9 Å². The second kappa shape index (κ2) is 9.00. The highest BCUT2D eigenvalue weighted by Gasteiger charge is 2.34. The van der Waals surface area contributed by atoms with Crippen molar-refractivity contribution in [3.8, 4) is 0 Å². The molecular formula is C13H26N2O2S2. The van der Waals surface area contributed by atoms with Crippen LogP contribution in [0.3, 0.4) is 0 Å². The maximum atomic E-state index is 11.9. The Morgan fingerprint density at radius 2 is 1.79 bits per heavy atom. The van der Waals surface area contributed by atoms with Crippen LogP contribution < -0.4 is 10.6 Å². The van der Waals surface area contributed by atoms with E-state index in [2.05, 4.69) is 24.5 Å². The van der Waals surface area contributed by atoms with Crippen LogP contribution in [-0.2, 0) is 9.59 Å². The molecule has 0 radical (unpaired) electrons. The maximum absolute atomic E-state index is 11.9. The van der Waals surface area contributed by atoms with Gasteiger partial charge in [-0.2, -0.15) is 0 Å². The third-order valence-electron chi connectivity index (χ3n) is 3.00. The maximum Gasteiger partial charge on any atom is 0.150 e. The minimum atomic E-state index is -0.207. The second-order valence-corrected chi connectivity index (χ2v) is 7.96. The summed E-state index contributed by atoms with van der Waals surface area (Å²) >= 11 is 0. The molecule has 4 nitrogen and oxygen atoms in total. The van der Waals surface area contributed by atoms with E-state index in [-0.39, 0.29) is 28.4 Å². The van der Waals surface area contributed by atoms with Gasteiger partial charge in [0.1, 0.15) is 5.78 Å². The van der Waals surface area contributed by atoms with Crippen LogP contribution in [0.4, 0.5) is 0 Å². The highest BCUT2D eigenvalue weighted by atomic mass is 33.1. The van der Waals surface area contributed by atoms with Crippen molar-refractivity contribution in [1.29, 1.82) is 0 Å².